The summed E-state index contributed by atoms with van der Waals surface area (Å²) in [5.41, 5.74) is 1.12. The molecule has 1 fully saturated rings. The number of hydrogen-bond acceptors (Lipinski definition) is 3. The lowest BCUT2D eigenvalue weighted by Crippen LogP contribution is -2.34. The van der Waals surface area contributed by atoms with Crippen molar-refractivity contribution in [2.75, 3.05) is 20.1 Å². The molecule has 1 aromatic heterocycles. The molecule has 22 heavy (non-hydrogen) atoms. The third-order valence-electron chi connectivity index (χ3n) is 4.45. The van der Waals surface area contributed by atoms with Crippen LogP contribution >= 0.6 is 0 Å². The number of carbonyl (C=O) groups excluding carboxylic acids is 1. The Balaban J connectivity index is 1.74. The zero-order valence-electron chi connectivity index (χ0n) is 15.8. The fourth-order valence-electron chi connectivity index (χ4n) is 3.03. The second-order valence-electron chi connectivity index (χ2n) is 5.87. The van der Waals surface area contributed by atoms with E-state index in [9.17, 15) is 4.79 Å². The van der Waals surface area contributed by atoms with Crippen molar-refractivity contribution in [1.29, 1.82) is 0 Å². The van der Waals surface area contributed by atoms with Gasteiger partial charge in [0, 0.05) is 22.4 Å². The number of imidazole rings is 1. The van der Waals surface area contributed by atoms with Gasteiger partial charge in [-0.1, -0.05) is 30.3 Å². The van der Waals surface area contributed by atoms with Crippen molar-refractivity contribution in [2.24, 2.45) is 5.92 Å². The van der Waals surface area contributed by atoms with E-state index in [4.69, 9.17) is 4.11 Å². The molecule has 0 radical (unpaired) electrons. The Hall–Kier alpha value is -1.94. The first-order valence-corrected chi connectivity index (χ1v) is 7.75. The Kier molecular flexibility index (Phi) is 3.40. The van der Waals surface area contributed by atoms with Gasteiger partial charge >= 0.3 is 0 Å². The number of piperidine rings is 1. The van der Waals surface area contributed by atoms with Gasteiger partial charge in [-0.05, 0) is 45.4 Å². The predicted molar refractivity (Wildman–Crippen MR) is 87.0 cm³/mol. The lowest BCUT2D eigenvalue weighted by Gasteiger charge is -2.28. The Morgan fingerprint density at radius 2 is 2.05 bits per heavy atom. The summed E-state index contributed by atoms with van der Waals surface area (Å²) in [6.07, 6.45) is 4.61. The first-order valence-electron chi connectivity index (χ1n) is 9.25. The number of rotatable bonds is 4. The summed E-state index contributed by atoms with van der Waals surface area (Å²) >= 11 is 0. The third kappa shape index (κ3) is 2.97. The van der Waals surface area contributed by atoms with Crippen LogP contribution in [0.1, 0.15) is 46.1 Å². The van der Waals surface area contributed by atoms with Crippen molar-refractivity contribution in [2.45, 2.75) is 25.8 Å². The largest absolute Gasteiger partial charge is 0.321 e. The Morgan fingerprint density at radius 3 is 2.73 bits per heavy atom. The zero-order valence-corrected chi connectivity index (χ0v) is 12.8. The molecule has 1 atom stereocenters. The first kappa shape index (κ1) is 11.6. The van der Waals surface area contributed by atoms with Crippen LogP contribution in [0.2, 0.25) is 0 Å². The number of likely N-dealkylation sites (tertiary alicyclic amines) is 1. The number of benzene rings is 1. The number of Topliss-reactive ketones (excluding diaryl/α,β-unsaturated/α-hetero) is 1. The molecular formula is C18H23N3O. The standard InChI is InChI=1S/C18H23N3O/c1-14(15-6-4-3-5-7-15)21-13-10-19-18(21)17(22)16-8-11-20(2)12-9-16/h3-7,10,13-14,16H,8-9,11-12H2,1-2H3/i2D3. The van der Waals surface area contributed by atoms with E-state index < -0.39 is 6.98 Å². The Labute approximate surface area is 136 Å². The van der Waals surface area contributed by atoms with Gasteiger partial charge in [-0.2, -0.15) is 0 Å². The average Bonchev–Trinajstić information content (AvgIpc) is 3.10. The molecule has 4 nitrogen and oxygen atoms in total. The summed E-state index contributed by atoms with van der Waals surface area (Å²) in [7, 11) is 0. The lowest BCUT2D eigenvalue weighted by atomic mass is 9.92. The summed E-state index contributed by atoms with van der Waals surface area (Å²) in [6, 6.07) is 10.0. The van der Waals surface area contributed by atoms with Crippen LogP contribution in [0.4, 0.5) is 0 Å². The number of aromatic nitrogens is 2. The molecule has 116 valence electrons. The molecular weight excluding hydrogens is 274 g/mol. The molecule has 2 aromatic rings. The molecule has 0 bridgehead atoms. The Bertz CT molecular complexity index is 719. The smallest absolute Gasteiger partial charge is 0.201 e. The lowest BCUT2D eigenvalue weighted by molar-refractivity contribution is 0.0840. The van der Waals surface area contributed by atoms with Gasteiger partial charge in [0.15, 0.2) is 5.82 Å². The molecule has 0 N–H and O–H groups in total. The van der Waals surface area contributed by atoms with Gasteiger partial charge in [0.2, 0.25) is 5.78 Å². The fraction of sp³-hybridized carbons (Fsp3) is 0.444. The Morgan fingerprint density at radius 1 is 1.32 bits per heavy atom. The molecule has 1 saturated heterocycles. The molecule has 0 amide bonds. The fourth-order valence-corrected chi connectivity index (χ4v) is 3.03. The molecule has 1 aliphatic heterocycles. The van der Waals surface area contributed by atoms with Gasteiger partial charge < -0.3 is 9.47 Å². The molecule has 1 aliphatic rings. The van der Waals surface area contributed by atoms with E-state index in [0.29, 0.717) is 31.8 Å². The van der Waals surface area contributed by atoms with Gasteiger partial charge in [0.25, 0.3) is 0 Å². The number of hydrogen-bond donors (Lipinski definition) is 0. The van der Waals surface area contributed by atoms with E-state index in [2.05, 4.69) is 4.98 Å². The van der Waals surface area contributed by atoms with Crippen LogP contribution in [0, 0.1) is 5.92 Å². The number of nitrogens with zero attached hydrogens (tertiary/aromatic N) is 3. The van der Waals surface area contributed by atoms with Crippen molar-refractivity contribution in [3.05, 3.63) is 54.1 Å². The number of carbonyl (C=O) groups is 1. The quantitative estimate of drug-likeness (QED) is 0.815. The molecule has 1 aromatic carbocycles. The highest BCUT2D eigenvalue weighted by Crippen LogP contribution is 2.24. The van der Waals surface area contributed by atoms with Crippen LogP contribution in [0.15, 0.2) is 42.7 Å². The van der Waals surface area contributed by atoms with Crippen molar-refractivity contribution in [1.82, 2.24) is 14.5 Å². The zero-order chi connectivity index (χ0) is 18.0. The van der Waals surface area contributed by atoms with Crippen LogP contribution < -0.4 is 0 Å². The van der Waals surface area contributed by atoms with E-state index >= 15 is 0 Å². The van der Waals surface area contributed by atoms with Gasteiger partial charge in [-0.15, -0.1) is 0 Å². The van der Waals surface area contributed by atoms with Crippen LogP contribution in [0.5, 0.6) is 0 Å². The van der Waals surface area contributed by atoms with E-state index in [1.165, 1.54) is 4.90 Å². The molecule has 0 spiro atoms. The van der Waals surface area contributed by atoms with Crippen molar-refractivity contribution in [3.63, 3.8) is 0 Å². The van der Waals surface area contributed by atoms with Gasteiger partial charge in [0.1, 0.15) is 0 Å². The maximum atomic E-state index is 12.9. The van der Waals surface area contributed by atoms with E-state index in [1.54, 1.807) is 6.20 Å². The summed E-state index contributed by atoms with van der Waals surface area (Å²) in [4.78, 5) is 18.7. The second kappa shape index (κ2) is 6.44. The molecule has 3 rings (SSSR count). The minimum absolute atomic E-state index is 0.0120. The summed E-state index contributed by atoms with van der Waals surface area (Å²) in [5, 5.41) is 0. The predicted octanol–water partition coefficient (Wildman–Crippen LogP) is 3.02. The maximum absolute atomic E-state index is 12.9. The van der Waals surface area contributed by atoms with Crippen molar-refractivity contribution in [3.8, 4) is 0 Å². The third-order valence-corrected chi connectivity index (χ3v) is 4.45. The van der Waals surface area contributed by atoms with Crippen molar-refractivity contribution < 1.29 is 8.91 Å². The number of ketones is 1. The monoisotopic (exact) mass is 300 g/mol. The molecule has 1 unspecified atom stereocenters. The van der Waals surface area contributed by atoms with Gasteiger partial charge in [0.05, 0.1) is 6.04 Å². The van der Waals surface area contributed by atoms with Gasteiger partial charge in [-0.25, -0.2) is 4.98 Å². The van der Waals surface area contributed by atoms with Gasteiger partial charge in [-0.3, -0.25) is 4.79 Å². The highest BCUT2D eigenvalue weighted by molar-refractivity contribution is 5.94. The summed E-state index contributed by atoms with van der Waals surface area (Å²) in [6.45, 7) is 0.809. The maximum Gasteiger partial charge on any atom is 0.201 e. The molecule has 0 aliphatic carbocycles. The normalized spacial score (nSPS) is 20.9. The summed E-state index contributed by atoms with van der Waals surface area (Å²) in [5.74, 6) is 0.310. The highest BCUT2D eigenvalue weighted by atomic mass is 16.1. The minimum Gasteiger partial charge on any atom is -0.321 e. The molecule has 4 heteroatoms. The molecule has 2 heterocycles. The van der Waals surface area contributed by atoms with E-state index in [0.717, 1.165) is 5.56 Å². The first-order chi connectivity index (χ1) is 11.9. The van der Waals surface area contributed by atoms with Crippen LogP contribution in [-0.4, -0.2) is 40.3 Å². The topological polar surface area (TPSA) is 38.1 Å². The SMILES string of the molecule is [2H]C([2H])([2H])N1CCC(C(=O)c2nccn2C(C)c2ccccc2)CC1. The van der Waals surface area contributed by atoms with Crippen LogP contribution in [-0.2, 0) is 0 Å². The van der Waals surface area contributed by atoms with Crippen LogP contribution in [0.25, 0.3) is 0 Å². The summed E-state index contributed by atoms with van der Waals surface area (Å²) < 4.78 is 24.4. The second-order valence-corrected chi connectivity index (χ2v) is 5.87. The highest BCUT2D eigenvalue weighted by Gasteiger charge is 2.28. The average molecular weight is 300 g/mol. The van der Waals surface area contributed by atoms with Crippen LogP contribution in [0.3, 0.4) is 0 Å². The molecule has 0 saturated carbocycles. The van der Waals surface area contributed by atoms with E-state index in [-0.39, 0.29) is 17.7 Å². The van der Waals surface area contributed by atoms with E-state index in [1.807, 2.05) is 48.0 Å². The minimum atomic E-state index is -2.08. The van der Waals surface area contributed by atoms with Crippen molar-refractivity contribution >= 4 is 5.78 Å².